The molecule has 6 nitrogen and oxygen atoms in total. The number of carbonyl (C=O) groups excluding carboxylic acids is 1. The lowest BCUT2D eigenvalue weighted by Crippen LogP contribution is -2.48. The first-order valence-corrected chi connectivity index (χ1v) is 10.2. The topological polar surface area (TPSA) is 51.2 Å². The number of carbonyl (C=O) groups is 1. The molecule has 156 valence electrons. The van der Waals surface area contributed by atoms with Crippen LogP contribution in [0.4, 0.5) is 5.69 Å². The summed E-state index contributed by atoms with van der Waals surface area (Å²) in [6, 6.07) is 13.6. The summed E-state index contributed by atoms with van der Waals surface area (Å²) < 4.78 is 16.7. The number of hydrogen-bond acceptors (Lipinski definition) is 5. The van der Waals surface area contributed by atoms with Crippen molar-refractivity contribution in [1.82, 2.24) is 4.90 Å². The van der Waals surface area contributed by atoms with Gasteiger partial charge >= 0.3 is 0 Å². The van der Waals surface area contributed by atoms with Gasteiger partial charge in [-0.1, -0.05) is 12.1 Å². The van der Waals surface area contributed by atoms with Crippen molar-refractivity contribution in [3.63, 3.8) is 0 Å². The van der Waals surface area contributed by atoms with Crippen LogP contribution in [-0.4, -0.2) is 57.3 Å². The molecule has 0 aromatic heterocycles. The number of benzene rings is 2. The molecule has 29 heavy (non-hydrogen) atoms. The van der Waals surface area contributed by atoms with E-state index in [1.54, 1.807) is 7.11 Å². The van der Waals surface area contributed by atoms with Gasteiger partial charge < -0.3 is 24.0 Å². The number of anilines is 1. The van der Waals surface area contributed by atoms with Crippen LogP contribution in [0.3, 0.4) is 0 Å². The Labute approximate surface area is 173 Å². The predicted octanol–water partition coefficient (Wildman–Crippen LogP) is 3.59. The quantitative estimate of drug-likeness (QED) is 0.680. The highest BCUT2D eigenvalue weighted by atomic mass is 16.5. The van der Waals surface area contributed by atoms with Gasteiger partial charge in [-0.2, -0.15) is 0 Å². The van der Waals surface area contributed by atoms with Crippen LogP contribution in [0.15, 0.2) is 42.5 Å². The lowest BCUT2D eigenvalue weighted by Gasteiger charge is -2.36. The Bertz CT molecular complexity index is 816. The van der Waals surface area contributed by atoms with Gasteiger partial charge in [-0.05, 0) is 44.2 Å². The summed E-state index contributed by atoms with van der Waals surface area (Å²) in [4.78, 5) is 17.2. The molecule has 2 aromatic carbocycles. The van der Waals surface area contributed by atoms with Crippen LogP contribution in [0, 0.1) is 0 Å². The molecule has 0 saturated carbocycles. The van der Waals surface area contributed by atoms with Crippen LogP contribution in [0.5, 0.6) is 11.5 Å². The molecule has 0 aliphatic carbocycles. The normalized spacial score (nSPS) is 14.0. The van der Waals surface area contributed by atoms with E-state index in [9.17, 15) is 4.79 Å². The molecule has 0 bridgehead atoms. The molecule has 6 heteroatoms. The van der Waals surface area contributed by atoms with Gasteiger partial charge in [0.25, 0.3) is 5.91 Å². The molecule has 1 aliphatic heterocycles. The smallest absolute Gasteiger partial charge is 0.253 e. The van der Waals surface area contributed by atoms with Crippen LogP contribution >= 0.6 is 0 Å². The van der Waals surface area contributed by atoms with Crippen LogP contribution in [-0.2, 0) is 11.3 Å². The molecule has 1 aliphatic rings. The van der Waals surface area contributed by atoms with Crippen molar-refractivity contribution in [2.45, 2.75) is 20.5 Å². The fourth-order valence-electron chi connectivity index (χ4n) is 3.57. The zero-order chi connectivity index (χ0) is 20.6. The number of methoxy groups -OCH3 is 1. The Morgan fingerprint density at radius 1 is 0.966 bits per heavy atom. The summed E-state index contributed by atoms with van der Waals surface area (Å²) in [6.07, 6.45) is 0. The SMILES string of the molecule is CCOCc1cc(C(=O)N2CCN(c3ccccc3OCC)CC2)ccc1OC. The number of nitrogens with zero attached hydrogens (tertiary/aromatic N) is 2. The van der Waals surface area contributed by atoms with Crippen LogP contribution in [0.25, 0.3) is 0 Å². The van der Waals surface area contributed by atoms with E-state index in [1.165, 1.54) is 0 Å². The van der Waals surface area contributed by atoms with Gasteiger partial charge in [-0.15, -0.1) is 0 Å². The molecule has 2 aromatic rings. The predicted molar refractivity (Wildman–Crippen MR) is 114 cm³/mol. The minimum absolute atomic E-state index is 0.0446. The highest BCUT2D eigenvalue weighted by Gasteiger charge is 2.24. The highest BCUT2D eigenvalue weighted by Crippen LogP contribution is 2.29. The maximum Gasteiger partial charge on any atom is 0.253 e. The molecule has 1 fully saturated rings. The monoisotopic (exact) mass is 398 g/mol. The molecular formula is C23H30N2O4. The van der Waals surface area contributed by atoms with Gasteiger partial charge in [0.05, 0.1) is 26.0 Å². The van der Waals surface area contributed by atoms with Crippen molar-refractivity contribution in [2.75, 3.05) is 51.4 Å². The van der Waals surface area contributed by atoms with E-state index in [0.717, 1.165) is 35.8 Å². The zero-order valence-corrected chi connectivity index (χ0v) is 17.5. The maximum atomic E-state index is 13.0. The number of hydrogen-bond donors (Lipinski definition) is 0. The van der Waals surface area contributed by atoms with E-state index in [2.05, 4.69) is 11.0 Å². The number of piperazine rings is 1. The van der Waals surface area contributed by atoms with Crippen LogP contribution < -0.4 is 14.4 Å². The molecule has 0 spiro atoms. The summed E-state index contributed by atoms with van der Waals surface area (Å²) in [6.45, 7) is 8.52. The molecule has 1 heterocycles. The number of ether oxygens (including phenoxy) is 3. The number of amides is 1. The van der Waals surface area contributed by atoms with E-state index in [0.29, 0.717) is 38.5 Å². The minimum atomic E-state index is 0.0446. The standard InChI is InChI=1S/C23H30N2O4/c1-4-28-17-19-16-18(10-11-21(19)27-3)23(26)25-14-12-24(13-15-25)20-8-6-7-9-22(20)29-5-2/h6-11,16H,4-5,12-15,17H2,1-3H3. The third-order valence-electron chi connectivity index (χ3n) is 5.06. The largest absolute Gasteiger partial charge is 0.496 e. The van der Waals surface area contributed by atoms with Crippen LogP contribution in [0.2, 0.25) is 0 Å². The second-order valence-corrected chi connectivity index (χ2v) is 6.84. The molecule has 1 amide bonds. The van der Waals surface area contributed by atoms with Gasteiger partial charge in [-0.25, -0.2) is 0 Å². The molecule has 0 radical (unpaired) electrons. The van der Waals surface area contributed by atoms with E-state index in [1.807, 2.05) is 55.1 Å². The van der Waals surface area contributed by atoms with Crippen molar-refractivity contribution < 1.29 is 19.0 Å². The van der Waals surface area contributed by atoms with Crippen molar-refractivity contribution in [3.8, 4) is 11.5 Å². The summed E-state index contributed by atoms with van der Waals surface area (Å²) >= 11 is 0. The van der Waals surface area contributed by atoms with E-state index in [-0.39, 0.29) is 5.91 Å². The molecule has 0 N–H and O–H groups in total. The van der Waals surface area contributed by atoms with Crippen molar-refractivity contribution >= 4 is 11.6 Å². The minimum Gasteiger partial charge on any atom is -0.496 e. The molecule has 1 saturated heterocycles. The van der Waals surface area contributed by atoms with E-state index in [4.69, 9.17) is 14.2 Å². The van der Waals surface area contributed by atoms with Crippen LogP contribution in [0.1, 0.15) is 29.8 Å². The van der Waals surface area contributed by atoms with Gasteiger partial charge in [0.2, 0.25) is 0 Å². The second kappa shape index (κ2) is 10.2. The highest BCUT2D eigenvalue weighted by molar-refractivity contribution is 5.94. The lowest BCUT2D eigenvalue weighted by atomic mass is 10.1. The van der Waals surface area contributed by atoms with E-state index < -0.39 is 0 Å². The zero-order valence-electron chi connectivity index (χ0n) is 17.5. The second-order valence-electron chi connectivity index (χ2n) is 6.84. The van der Waals surface area contributed by atoms with Crippen molar-refractivity contribution in [1.29, 1.82) is 0 Å². The van der Waals surface area contributed by atoms with Gasteiger partial charge in [0.15, 0.2) is 0 Å². The third-order valence-corrected chi connectivity index (χ3v) is 5.06. The number of rotatable bonds is 8. The average molecular weight is 399 g/mol. The first-order chi connectivity index (χ1) is 14.2. The summed E-state index contributed by atoms with van der Waals surface area (Å²) in [5.74, 6) is 1.68. The lowest BCUT2D eigenvalue weighted by molar-refractivity contribution is 0.0746. The summed E-state index contributed by atoms with van der Waals surface area (Å²) in [7, 11) is 1.63. The Morgan fingerprint density at radius 3 is 2.41 bits per heavy atom. The Balaban J connectivity index is 1.67. The molecular weight excluding hydrogens is 368 g/mol. The first kappa shape index (κ1) is 21.0. The number of para-hydroxylation sites is 2. The third kappa shape index (κ3) is 5.01. The Morgan fingerprint density at radius 2 is 1.72 bits per heavy atom. The van der Waals surface area contributed by atoms with Gasteiger partial charge in [0.1, 0.15) is 11.5 Å². The van der Waals surface area contributed by atoms with Crippen molar-refractivity contribution in [3.05, 3.63) is 53.6 Å². The summed E-state index contributed by atoms with van der Waals surface area (Å²) in [5, 5.41) is 0. The van der Waals surface area contributed by atoms with E-state index >= 15 is 0 Å². The van der Waals surface area contributed by atoms with Crippen molar-refractivity contribution in [2.24, 2.45) is 0 Å². The molecule has 0 unspecified atom stereocenters. The fraction of sp³-hybridized carbons (Fsp3) is 0.435. The molecule has 0 atom stereocenters. The van der Waals surface area contributed by atoms with Gasteiger partial charge in [-0.3, -0.25) is 4.79 Å². The Kier molecular flexibility index (Phi) is 7.36. The maximum absolute atomic E-state index is 13.0. The Hall–Kier alpha value is -2.73. The summed E-state index contributed by atoms with van der Waals surface area (Å²) in [5.41, 5.74) is 2.65. The molecule has 3 rings (SSSR count). The first-order valence-electron chi connectivity index (χ1n) is 10.2. The average Bonchev–Trinajstić information content (AvgIpc) is 2.77. The van der Waals surface area contributed by atoms with Gasteiger partial charge in [0, 0.05) is 43.9 Å². The fourth-order valence-corrected chi connectivity index (χ4v) is 3.57.